The van der Waals surface area contributed by atoms with Gasteiger partial charge in [-0.1, -0.05) is 0 Å². The van der Waals surface area contributed by atoms with Gasteiger partial charge in [-0.05, 0) is 6.07 Å². The van der Waals surface area contributed by atoms with Crippen molar-refractivity contribution in [3.8, 4) is 11.5 Å². The highest BCUT2D eigenvalue weighted by atomic mass is 16.6. The number of ether oxygens (including phenoxy) is 2. The molecule has 1 aromatic carbocycles. The number of benzene rings is 1. The number of carbonyl (C=O) groups is 2. The van der Waals surface area contributed by atoms with Gasteiger partial charge in [0.05, 0.1) is 12.0 Å². The molecule has 1 aromatic rings. The van der Waals surface area contributed by atoms with E-state index in [-0.39, 0.29) is 17.1 Å². The van der Waals surface area contributed by atoms with Gasteiger partial charge in [-0.2, -0.15) is 0 Å². The van der Waals surface area contributed by atoms with Crippen molar-refractivity contribution in [2.45, 2.75) is 6.92 Å². The van der Waals surface area contributed by atoms with Crippen LogP contribution in [-0.4, -0.2) is 24.3 Å². The van der Waals surface area contributed by atoms with E-state index in [1.54, 1.807) is 0 Å². The van der Waals surface area contributed by atoms with Gasteiger partial charge in [0.1, 0.15) is 6.29 Å². The van der Waals surface area contributed by atoms with Gasteiger partial charge in [-0.25, -0.2) is 0 Å². The summed E-state index contributed by atoms with van der Waals surface area (Å²) in [6, 6.07) is 2.26. The Hall–Kier alpha value is -2.44. The summed E-state index contributed by atoms with van der Waals surface area (Å²) in [5.41, 5.74) is -0.439. The summed E-state index contributed by atoms with van der Waals surface area (Å²) in [7, 11) is 1.25. The molecule has 0 radical (unpaired) electrons. The van der Waals surface area contributed by atoms with E-state index in [9.17, 15) is 19.7 Å². The summed E-state index contributed by atoms with van der Waals surface area (Å²) in [5, 5.41) is 10.8. The molecule has 0 unspecified atom stereocenters. The van der Waals surface area contributed by atoms with Crippen LogP contribution in [0.1, 0.15) is 17.3 Å². The smallest absolute Gasteiger partial charge is 0.316 e. The second-order valence-electron chi connectivity index (χ2n) is 3.04. The number of nitro benzene ring substituents is 1. The summed E-state index contributed by atoms with van der Waals surface area (Å²) < 4.78 is 9.55. The Bertz CT molecular complexity index is 482. The van der Waals surface area contributed by atoms with Crippen LogP contribution >= 0.6 is 0 Å². The third-order valence-electron chi connectivity index (χ3n) is 1.86. The van der Waals surface area contributed by atoms with E-state index in [4.69, 9.17) is 9.47 Å². The Morgan fingerprint density at radius 3 is 2.53 bits per heavy atom. The van der Waals surface area contributed by atoms with Crippen LogP contribution < -0.4 is 9.47 Å². The first kappa shape index (κ1) is 12.6. The maximum Gasteiger partial charge on any atom is 0.316 e. The predicted octanol–water partition coefficient (Wildman–Crippen LogP) is 1.34. The molecular weight excluding hydrogens is 230 g/mol. The minimum Gasteiger partial charge on any atom is -0.493 e. The number of methoxy groups -OCH3 is 1. The fourth-order valence-electron chi connectivity index (χ4n) is 1.21. The van der Waals surface area contributed by atoms with Gasteiger partial charge in [0.25, 0.3) is 0 Å². The topological polar surface area (TPSA) is 95.7 Å². The van der Waals surface area contributed by atoms with Gasteiger partial charge in [0, 0.05) is 18.6 Å². The molecule has 1 rings (SSSR count). The molecule has 0 heterocycles. The Morgan fingerprint density at radius 1 is 1.47 bits per heavy atom. The van der Waals surface area contributed by atoms with Crippen molar-refractivity contribution in [3.05, 3.63) is 27.8 Å². The highest BCUT2D eigenvalue weighted by Gasteiger charge is 2.23. The maximum atomic E-state index is 10.8. The van der Waals surface area contributed by atoms with E-state index < -0.39 is 16.6 Å². The van der Waals surface area contributed by atoms with Crippen molar-refractivity contribution in [1.29, 1.82) is 0 Å². The largest absolute Gasteiger partial charge is 0.493 e. The lowest BCUT2D eigenvalue weighted by molar-refractivity contribution is -0.385. The van der Waals surface area contributed by atoms with Crippen molar-refractivity contribution in [1.82, 2.24) is 0 Å². The average Bonchev–Trinajstić information content (AvgIpc) is 2.28. The minimum absolute atomic E-state index is 0.0449. The number of hydrogen-bond acceptors (Lipinski definition) is 6. The zero-order valence-corrected chi connectivity index (χ0v) is 9.13. The van der Waals surface area contributed by atoms with E-state index in [0.29, 0.717) is 6.29 Å². The molecule has 0 aliphatic heterocycles. The van der Waals surface area contributed by atoms with E-state index in [0.717, 1.165) is 13.0 Å². The number of nitrogens with zero attached hydrogens (tertiary/aromatic N) is 1. The van der Waals surface area contributed by atoms with Crippen LogP contribution in [0.3, 0.4) is 0 Å². The second-order valence-corrected chi connectivity index (χ2v) is 3.04. The van der Waals surface area contributed by atoms with Crippen LogP contribution in [0.5, 0.6) is 11.5 Å². The molecule has 7 heteroatoms. The van der Waals surface area contributed by atoms with E-state index in [2.05, 4.69) is 0 Å². The molecule has 7 nitrogen and oxygen atoms in total. The molecule has 0 aliphatic carbocycles. The number of hydrogen-bond donors (Lipinski definition) is 0. The van der Waals surface area contributed by atoms with E-state index in [1.807, 2.05) is 0 Å². The molecule has 17 heavy (non-hydrogen) atoms. The fraction of sp³-hybridized carbons (Fsp3) is 0.200. The molecular formula is C10H9NO6. The van der Waals surface area contributed by atoms with Gasteiger partial charge in [-0.3, -0.25) is 19.7 Å². The second kappa shape index (κ2) is 5.06. The van der Waals surface area contributed by atoms with E-state index in [1.165, 1.54) is 13.2 Å². The van der Waals surface area contributed by atoms with Crippen LogP contribution in [0.2, 0.25) is 0 Å². The Kier molecular flexibility index (Phi) is 3.76. The summed E-state index contributed by atoms with van der Waals surface area (Å²) in [6.07, 6.45) is 0.438. The predicted molar refractivity (Wildman–Crippen MR) is 56.3 cm³/mol. The highest BCUT2D eigenvalue weighted by Crippen LogP contribution is 2.37. The number of carbonyl (C=O) groups excluding carboxylic acids is 2. The Labute approximate surface area is 96.1 Å². The standard InChI is InChI=1S/C10H9NO6/c1-6(13)17-10-8(11(14)15)3-7(5-12)4-9(10)16-2/h3-5H,1-2H3. The first-order chi connectivity index (χ1) is 7.99. The SMILES string of the molecule is COc1cc(C=O)cc([N+](=O)[O-])c1OC(C)=O. The summed E-state index contributed by atoms with van der Waals surface area (Å²) >= 11 is 0. The number of rotatable bonds is 4. The van der Waals surface area contributed by atoms with Crippen molar-refractivity contribution in [2.75, 3.05) is 7.11 Å². The van der Waals surface area contributed by atoms with Crippen molar-refractivity contribution >= 4 is 17.9 Å². The average molecular weight is 239 g/mol. The molecule has 0 saturated heterocycles. The van der Waals surface area contributed by atoms with Crippen molar-refractivity contribution in [2.24, 2.45) is 0 Å². The van der Waals surface area contributed by atoms with Crippen LogP contribution in [0.15, 0.2) is 12.1 Å². The summed E-state index contributed by atoms with van der Waals surface area (Å²) in [4.78, 5) is 31.5. The number of nitro groups is 1. The molecule has 0 fully saturated rings. The molecule has 0 saturated carbocycles. The molecule has 0 bridgehead atoms. The van der Waals surface area contributed by atoms with Gasteiger partial charge in [0.15, 0.2) is 5.75 Å². The monoisotopic (exact) mass is 239 g/mol. The Morgan fingerprint density at radius 2 is 2.12 bits per heavy atom. The molecule has 0 N–H and O–H groups in total. The number of esters is 1. The van der Waals surface area contributed by atoms with Crippen LogP contribution in [0.4, 0.5) is 5.69 Å². The lowest BCUT2D eigenvalue weighted by Crippen LogP contribution is -2.06. The zero-order valence-electron chi connectivity index (χ0n) is 9.13. The molecule has 0 atom stereocenters. The molecule has 0 amide bonds. The van der Waals surface area contributed by atoms with Gasteiger partial charge in [-0.15, -0.1) is 0 Å². The lowest BCUT2D eigenvalue weighted by Gasteiger charge is -2.08. The van der Waals surface area contributed by atoms with E-state index >= 15 is 0 Å². The van der Waals surface area contributed by atoms with Crippen molar-refractivity contribution in [3.63, 3.8) is 0 Å². The third-order valence-corrected chi connectivity index (χ3v) is 1.86. The summed E-state index contributed by atoms with van der Waals surface area (Å²) in [6.45, 7) is 1.11. The van der Waals surface area contributed by atoms with Gasteiger partial charge < -0.3 is 9.47 Å². The first-order valence-electron chi connectivity index (χ1n) is 4.49. The van der Waals surface area contributed by atoms with Gasteiger partial charge >= 0.3 is 11.7 Å². The quantitative estimate of drug-likeness (QED) is 0.258. The molecule has 0 aliphatic rings. The molecule has 0 spiro atoms. The zero-order chi connectivity index (χ0) is 13.0. The van der Waals surface area contributed by atoms with Crippen LogP contribution in [0, 0.1) is 10.1 Å². The van der Waals surface area contributed by atoms with Crippen LogP contribution in [0.25, 0.3) is 0 Å². The van der Waals surface area contributed by atoms with Crippen molar-refractivity contribution < 1.29 is 24.0 Å². The Balaban J connectivity index is 3.45. The number of aldehydes is 1. The first-order valence-corrected chi connectivity index (χ1v) is 4.49. The van der Waals surface area contributed by atoms with Crippen LogP contribution in [-0.2, 0) is 4.79 Å². The molecule has 0 aromatic heterocycles. The third kappa shape index (κ3) is 2.77. The maximum absolute atomic E-state index is 10.8. The molecule has 90 valence electrons. The summed E-state index contributed by atoms with van der Waals surface area (Å²) in [5.74, 6) is -1.07. The highest BCUT2D eigenvalue weighted by molar-refractivity contribution is 5.81. The fourth-order valence-corrected chi connectivity index (χ4v) is 1.21. The minimum atomic E-state index is -0.756. The normalized spacial score (nSPS) is 9.53. The lowest BCUT2D eigenvalue weighted by atomic mass is 10.2. The van der Waals surface area contributed by atoms with Gasteiger partial charge in [0.2, 0.25) is 5.75 Å².